The standard InChI is InChI=1S/C10H9F2N5O2S/c11-6-1-2-8(12)9(3-6)17-20(18,19)7-4-14-10(16-13)15-5-7/h1-5,17H,13H2,(H,14,15,16). The number of nitrogens with zero attached hydrogens (tertiary/aromatic N) is 2. The van der Waals surface area contributed by atoms with Gasteiger partial charge in [0, 0.05) is 6.07 Å². The number of hydrogen-bond acceptors (Lipinski definition) is 6. The first-order valence-electron chi connectivity index (χ1n) is 5.19. The minimum absolute atomic E-state index is 0.0147. The molecule has 0 saturated carbocycles. The van der Waals surface area contributed by atoms with E-state index in [-0.39, 0.29) is 10.8 Å². The number of benzene rings is 1. The average Bonchev–Trinajstić information content (AvgIpc) is 2.43. The molecule has 0 spiro atoms. The van der Waals surface area contributed by atoms with Crippen LogP contribution in [0.4, 0.5) is 20.4 Å². The molecule has 0 saturated heterocycles. The van der Waals surface area contributed by atoms with Crippen molar-refractivity contribution >= 4 is 21.7 Å². The molecule has 0 bridgehead atoms. The van der Waals surface area contributed by atoms with Gasteiger partial charge in [0.25, 0.3) is 10.0 Å². The lowest BCUT2D eigenvalue weighted by Gasteiger charge is -2.08. The van der Waals surface area contributed by atoms with E-state index in [1.165, 1.54) is 0 Å². The van der Waals surface area contributed by atoms with Crippen LogP contribution in [0.2, 0.25) is 0 Å². The fraction of sp³-hybridized carbons (Fsp3) is 0. The van der Waals surface area contributed by atoms with Gasteiger partial charge < -0.3 is 0 Å². The SMILES string of the molecule is NNc1ncc(S(=O)(=O)Nc2cc(F)ccc2F)cn1. The number of aromatic nitrogens is 2. The van der Waals surface area contributed by atoms with Crippen molar-refractivity contribution in [3.05, 3.63) is 42.2 Å². The second kappa shape index (κ2) is 5.35. The molecule has 0 fully saturated rings. The summed E-state index contributed by atoms with van der Waals surface area (Å²) in [6, 6.07) is 2.41. The predicted molar refractivity (Wildman–Crippen MR) is 67.0 cm³/mol. The smallest absolute Gasteiger partial charge is 0.265 e. The summed E-state index contributed by atoms with van der Waals surface area (Å²) in [7, 11) is -4.13. The summed E-state index contributed by atoms with van der Waals surface area (Å²) in [6.45, 7) is 0. The van der Waals surface area contributed by atoms with Crippen LogP contribution in [0.25, 0.3) is 0 Å². The Morgan fingerprint density at radius 2 is 1.80 bits per heavy atom. The number of nitrogens with one attached hydrogen (secondary N) is 2. The highest BCUT2D eigenvalue weighted by atomic mass is 32.2. The molecular formula is C10H9F2N5O2S. The van der Waals surface area contributed by atoms with E-state index < -0.39 is 27.3 Å². The zero-order valence-corrected chi connectivity index (χ0v) is 10.7. The molecule has 0 aliphatic heterocycles. The zero-order valence-electron chi connectivity index (χ0n) is 9.84. The third kappa shape index (κ3) is 2.97. The lowest BCUT2D eigenvalue weighted by molar-refractivity contribution is 0.594. The van der Waals surface area contributed by atoms with Crippen LogP contribution < -0.4 is 16.0 Å². The number of nitrogen functional groups attached to an aromatic ring is 1. The Bertz CT molecular complexity index is 721. The lowest BCUT2D eigenvalue weighted by Crippen LogP contribution is -2.16. The third-order valence-corrected chi connectivity index (χ3v) is 3.56. The highest BCUT2D eigenvalue weighted by Crippen LogP contribution is 2.19. The Labute approximate surface area is 112 Å². The van der Waals surface area contributed by atoms with Crippen molar-refractivity contribution < 1.29 is 17.2 Å². The molecule has 1 aromatic heterocycles. The highest BCUT2D eigenvalue weighted by Gasteiger charge is 2.17. The maximum atomic E-state index is 13.4. The molecule has 0 atom stereocenters. The summed E-state index contributed by atoms with van der Waals surface area (Å²) in [5, 5.41) is 0. The van der Waals surface area contributed by atoms with Gasteiger partial charge in [-0.1, -0.05) is 0 Å². The van der Waals surface area contributed by atoms with Crippen LogP contribution in [0.15, 0.2) is 35.5 Å². The normalized spacial score (nSPS) is 11.2. The van der Waals surface area contributed by atoms with Crippen LogP contribution in [0.1, 0.15) is 0 Å². The molecule has 0 radical (unpaired) electrons. The van der Waals surface area contributed by atoms with Crippen LogP contribution in [0.3, 0.4) is 0 Å². The van der Waals surface area contributed by atoms with Crippen LogP contribution >= 0.6 is 0 Å². The summed E-state index contributed by atoms with van der Waals surface area (Å²) in [5.74, 6) is 3.37. The van der Waals surface area contributed by atoms with Crippen molar-refractivity contribution in [2.75, 3.05) is 10.1 Å². The van der Waals surface area contributed by atoms with Gasteiger partial charge in [0.15, 0.2) is 0 Å². The monoisotopic (exact) mass is 301 g/mol. The summed E-state index contributed by atoms with van der Waals surface area (Å²) in [5.41, 5.74) is 1.62. The first kappa shape index (κ1) is 14.1. The molecule has 0 amide bonds. The molecular weight excluding hydrogens is 292 g/mol. The number of halogens is 2. The number of sulfonamides is 1. The van der Waals surface area contributed by atoms with Gasteiger partial charge in [-0.3, -0.25) is 10.1 Å². The van der Waals surface area contributed by atoms with E-state index in [1.807, 2.05) is 4.72 Å². The molecule has 2 rings (SSSR count). The van der Waals surface area contributed by atoms with Crippen molar-refractivity contribution in [2.45, 2.75) is 4.90 Å². The van der Waals surface area contributed by atoms with Gasteiger partial charge in [0.1, 0.15) is 16.5 Å². The average molecular weight is 301 g/mol. The highest BCUT2D eigenvalue weighted by molar-refractivity contribution is 7.92. The van der Waals surface area contributed by atoms with E-state index in [0.717, 1.165) is 30.6 Å². The summed E-state index contributed by atoms with van der Waals surface area (Å²) in [6.07, 6.45) is 1.95. The van der Waals surface area contributed by atoms with Crippen molar-refractivity contribution in [1.29, 1.82) is 0 Å². The Balaban J connectivity index is 2.32. The molecule has 1 heterocycles. The molecule has 0 aliphatic carbocycles. The number of anilines is 2. The zero-order chi connectivity index (χ0) is 14.8. The van der Waals surface area contributed by atoms with Crippen molar-refractivity contribution in [3.8, 4) is 0 Å². The van der Waals surface area contributed by atoms with Gasteiger partial charge in [0.2, 0.25) is 5.95 Å². The van der Waals surface area contributed by atoms with E-state index >= 15 is 0 Å². The van der Waals surface area contributed by atoms with Crippen LogP contribution in [-0.4, -0.2) is 18.4 Å². The fourth-order valence-corrected chi connectivity index (χ4v) is 2.26. The molecule has 7 nitrogen and oxygen atoms in total. The van der Waals surface area contributed by atoms with Crippen LogP contribution in [0, 0.1) is 11.6 Å². The van der Waals surface area contributed by atoms with Gasteiger partial charge in [0.05, 0.1) is 18.1 Å². The van der Waals surface area contributed by atoms with Gasteiger partial charge in [-0.15, -0.1) is 0 Å². The molecule has 106 valence electrons. The molecule has 10 heteroatoms. The van der Waals surface area contributed by atoms with Crippen molar-refractivity contribution in [3.63, 3.8) is 0 Å². The van der Waals surface area contributed by atoms with Crippen molar-refractivity contribution in [1.82, 2.24) is 9.97 Å². The predicted octanol–water partition coefficient (Wildman–Crippen LogP) is 0.841. The van der Waals surface area contributed by atoms with Gasteiger partial charge in [-0.2, -0.15) is 0 Å². The minimum atomic E-state index is -4.13. The van der Waals surface area contributed by atoms with E-state index in [1.54, 1.807) is 0 Å². The summed E-state index contributed by atoms with van der Waals surface area (Å²) >= 11 is 0. The van der Waals surface area contributed by atoms with Gasteiger partial charge >= 0.3 is 0 Å². The number of nitrogens with two attached hydrogens (primary N) is 1. The van der Waals surface area contributed by atoms with Crippen LogP contribution in [-0.2, 0) is 10.0 Å². The minimum Gasteiger partial charge on any atom is -0.292 e. The largest absolute Gasteiger partial charge is 0.292 e. The maximum Gasteiger partial charge on any atom is 0.265 e. The topological polar surface area (TPSA) is 110 Å². The quantitative estimate of drug-likeness (QED) is 0.570. The van der Waals surface area contributed by atoms with Gasteiger partial charge in [-0.25, -0.2) is 33.0 Å². The molecule has 20 heavy (non-hydrogen) atoms. The first-order valence-corrected chi connectivity index (χ1v) is 6.67. The second-order valence-corrected chi connectivity index (χ2v) is 5.30. The third-order valence-electron chi connectivity index (χ3n) is 2.24. The molecule has 0 aliphatic rings. The molecule has 1 aromatic carbocycles. The van der Waals surface area contributed by atoms with E-state index in [2.05, 4.69) is 15.4 Å². The Kier molecular flexibility index (Phi) is 3.77. The Morgan fingerprint density at radius 1 is 1.15 bits per heavy atom. The molecule has 4 N–H and O–H groups in total. The Hall–Kier alpha value is -2.33. The number of hydrogen-bond donors (Lipinski definition) is 3. The number of hydrazine groups is 1. The first-order chi connectivity index (χ1) is 9.42. The van der Waals surface area contributed by atoms with E-state index in [4.69, 9.17) is 5.84 Å². The lowest BCUT2D eigenvalue weighted by atomic mass is 10.3. The molecule has 0 unspecified atom stereocenters. The maximum absolute atomic E-state index is 13.4. The van der Waals surface area contributed by atoms with Crippen LogP contribution in [0.5, 0.6) is 0 Å². The molecule has 2 aromatic rings. The number of rotatable bonds is 4. The van der Waals surface area contributed by atoms with Crippen molar-refractivity contribution in [2.24, 2.45) is 5.84 Å². The summed E-state index contributed by atoms with van der Waals surface area (Å²) < 4.78 is 52.1. The second-order valence-electron chi connectivity index (χ2n) is 3.62. The van der Waals surface area contributed by atoms with E-state index in [0.29, 0.717) is 0 Å². The van der Waals surface area contributed by atoms with E-state index in [9.17, 15) is 17.2 Å². The summed E-state index contributed by atoms with van der Waals surface area (Å²) in [4.78, 5) is 6.90. The van der Waals surface area contributed by atoms with Gasteiger partial charge in [-0.05, 0) is 12.1 Å². The Morgan fingerprint density at radius 3 is 2.40 bits per heavy atom. The fourth-order valence-electron chi connectivity index (χ4n) is 1.31.